The van der Waals surface area contributed by atoms with Crippen molar-refractivity contribution in [2.75, 3.05) is 0 Å². The van der Waals surface area contributed by atoms with E-state index < -0.39 is 11.6 Å². The number of aromatic nitrogens is 1. The molecular formula is C17H18F2N2O3. The zero-order valence-electron chi connectivity index (χ0n) is 13.3. The van der Waals surface area contributed by atoms with Gasteiger partial charge in [-0.3, -0.25) is 4.79 Å². The Bertz CT molecular complexity index is 739. The second-order valence-corrected chi connectivity index (χ2v) is 5.88. The molecule has 1 aliphatic carbocycles. The molecule has 24 heavy (non-hydrogen) atoms. The summed E-state index contributed by atoms with van der Waals surface area (Å²) in [7, 11) is 0. The Kier molecular flexibility index (Phi) is 4.78. The predicted molar refractivity (Wildman–Crippen MR) is 81.7 cm³/mol. The zero-order valence-corrected chi connectivity index (χ0v) is 13.3. The first-order chi connectivity index (χ1) is 11.5. The number of carbonyl (C=O) groups is 1. The maximum absolute atomic E-state index is 13.6. The maximum Gasteiger partial charge on any atom is 0.274 e. The normalized spacial score (nSPS) is 14.8. The SMILES string of the molecule is Cc1onc(C(=O)NC2CCCC2)c1COc1ccc(F)cc1F. The summed E-state index contributed by atoms with van der Waals surface area (Å²) >= 11 is 0. The van der Waals surface area contributed by atoms with Crippen molar-refractivity contribution in [2.24, 2.45) is 0 Å². The van der Waals surface area contributed by atoms with Crippen LogP contribution in [0.5, 0.6) is 5.75 Å². The van der Waals surface area contributed by atoms with Gasteiger partial charge in [0.2, 0.25) is 0 Å². The number of aryl methyl sites for hydroxylation is 1. The van der Waals surface area contributed by atoms with Crippen molar-refractivity contribution in [1.82, 2.24) is 10.5 Å². The summed E-state index contributed by atoms with van der Waals surface area (Å²) in [6.07, 6.45) is 4.11. The molecule has 1 aliphatic rings. The fraction of sp³-hybridized carbons (Fsp3) is 0.412. The molecule has 0 atom stereocenters. The van der Waals surface area contributed by atoms with Crippen molar-refractivity contribution in [3.8, 4) is 5.75 Å². The molecule has 1 aromatic heterocycles. The molecule has 0 bridgehead atoms. The summed E-state index contributed by atoms with van der Waals surface area (Å²) in [5.74, 6) is -1.48. The van der Waals surface area contributed by atoms with Crippen LogP contribution in [-0.4, -0.2) is 17.1 Å². The number of rotatable bonds is 5. The van der Waals surface area contributed by atoms with E-state index in [0.717, 1.165) is 37.8 Å². The lowest BCUT2D eigenvalue weighted by molar-refractivity contribution is 0.0926. The van der Waals surface area contributed by atoms with Crippen molar-refractivity contribution in [3.05, 3.63) is 46.9 Å². The van der Waals surface area contributed by atoms with Crippen LogP contribution in [0.25, 0.3) is 0 Å². The molecule has 1 N–H and O–H groups in total. The van der Waals surface area contributed by atoms with Gasteiger partial charge in [0.1, 0.15) is 18.2 Å². The first kappa shape index (κ1) is 16.4. The summed E-state index contributed by atoms with van der Waals surface area (Å²) in [6, 6.07) is 3.19. The van der Waals surface area contributed by atoms with E-state index in [-0.39, 0.29) is 30.0 Å². The van der Waals surface area contributed by atoms with E-state index in [0.29, 0.717) is 11.3 Å². The lowest BCUT2D eigenvalue weighted by Crippen LogP contribution is -2.33. The Morgan fingerprint density at radius 3 is 2.83 bits per heavy atom. The minimum atomic E-state index is -0.805. The Balaban J connectivity index is 1.71. The van der Waals surface area contributed by atoms with E-state index in [2.05, 4.69) is 10.5 Å². The van der Waals surface area contributed by atoms with Crippen molar-refractivity contribution in [1.29, 1.82) is 0 Å². The van der Waals surface area contributed by atoms with E-state index in [1.165, 1.54) is 6.07 Å². The lowest BCUT2D eigenvalue weighted by Gasteiger charge is -2.11. The highest BCUT2D eigenvalue weighted by Crippen LogP contribution is 2.22. The van der Waals surface area contributed by atoms with Gasteiger partial charge in [0.15, 0.2) is 17.3 Å². The molecule has 7 heteroatoms. The Hall–Kier alpha value is -2.44. The van der Waals surface area contributed by atoms with Gasteiger partial charge in [0, 0.05) is 12.1 Å². The first-order valence-electron chi connectivity index (χ1n) is 7.88. The van der Waals surface area contributed by atoms with Crippen LogP contribution < -0.4 is 10.1 Å². The first-order valence-corrected chi connectivity index (χ1v) is 7.88. The largest absolute Gasteiger partial charge is 0.486 e. The molecule has 0 saturated heterocycles. The summed E-state index contributed by atoms with van der Waals surface area (Å²) in [5, 5.41) is 6.71. The Labute approximate surface area is 138 Å². The molecule has 0 aliphatic heterocycles. The molecule has 5 nitrogen and oxygen atoms in total. The van der Waals surface area contributed by atoms with E-state index in [4.69, 9.17) is 9.26 Å². The van der Waals surface area contributed by atoms with Gasteiger partial charge in [-0.05, 0) is 31.9 Å². The zero-order chi connectivity index (χ0) is 17.1. The fourth-order valence-corrected chi connectivity index (χ4v) is 2.81. The van der Waals surface area contributed by atoms with Gasteiger partial charge < -0.3 is 14.6 Å². The van der Waals surface area contributed by atoms with Gasteiger partial charge in [-0.1, -0.05) is 18.0 Å². The highest BCUT2D eigenvalue weighted by Gasteiger charge is 2.24. The average molecular weight is 336 g/mol. The van der Waals surface area contributed by atoms with E-state index in [1.54, 1.807) is 6.92 Å². The second-order valence-electron chi connectivity index (χ2n) is 5.88. The molecule has 1 fully saturated rings. The van der Waals surface area contributed by atoms with Gasteiger partial charge in [-0.2, -0.15) is 0 Å². The number of nitrogens with zero attached hydrogens (tertiary/aromatic N) is 1. The summed E-state index contributed by atoms with van der Waals surface area (Å²) in [6.45, 7) is 1.56. The summed E-state index contributed by atoms with van der Waals surface area (Å²) in [5.41, 5.74) is 0.594. The van der Waals surface area contributed by atoms with Crippen LogP contribution in [0, 0.1) is 18.6 Å². The number of amides is 1. The molecule has 2 aromatic rings. The van der Waals surface area contributed by atoms with Gasteiger partial charge in [0.05, 0.1) is 5.56 Å². The van der Waals surface area contributed by atoms with Crippen LogP contribution in [-0.2, 0) is 6.61 Å². The van der Waals surface area contributed by atoms with Gasteiger partial charge in [-0.15, -0.1) is 0 Å². The number of hydrogen-bond acceptors (Lipinski definition) is 4. The van der Waals surface area contributed by atoms with E-state index in [1.807, 2.05) is 0 Å². The summed E-state index contributed by atoms with van der Waals surface area (Å²) < 4.78 is 37.0. The molecule has 1 aromatic carbocycles. The number of carbonyl (C=O) groups excluding carboxylic acids is 1. The van der Waals surface area contributed by atoms with E-state index >= 15 is 0 Å². The van der Waals surface area contributed by atoms with Crippen LogP contribution in [0.3, 0.4) is 0 Å². The van der Waals surface area contributed by atoms with Crippen LogP contribution in [0.15, 0.2) is 22.7 Å². The standard InChI is InChI=1S/C17H18F2N2O3/c1-10-13(9-23-15-7-6-11(18)8-14(15)19)16(21-24-10)17(22)20-12-4-2-3-5-12/h6-8,12H,2-5,9H2,1H3,(H,20,22). The highest BCUT2D eigenvalue weighted by molar-refractivity contribution is 5.94. The lowest BCUT2D eigenvalue weighted by atomic mass is 10.1. The number of nitrogens with one attached hydrogen (secondary N) is 1. The van der Waals surface area contributed by atoms with Gasteiger partial charge in [-0.25, -0.2) is 8.78 Å². The minimum Gasteiger partial charge on any atom is -0.486 e. The van der Waals surface area contributed by atoms with Gasteiger partial charge in [0.25, 0.3) is 5.91 Å². The third-order valence-corrected chi connectivity index (χ3v) is 4.16. The number of benzene rings is 1. The quantitative estimate of drug-likeness (QED) is 0.907. The minimum absolute atomic E-state index is 0.0920. The molecule has 0 unspecified atom stereocenters. The molecular weight excluding hydrogens is 318 g/mol. The molecule has 0 spiro atoms. The average Bonchev–Trinajstić information content (AvgIpc) is 3.16. The monoisotopic (exact) mass is 336 g/mol. The third kappa shape index (κ3) is 3.55. The number of hydrogen-bond donors (Lipinski definition) is 1. The van der Waals surface area contributed by atoms with Crippen molar-refractivity contribution in [3.63, 3.8) is 0 Å². The molecule has 0 radical (unpaired) electrons. The van der Waals surface area contributed by atoms with E-state index in [9.17, 15) is 13.6 Å². The maximum atomic E-state index is 13.6. The Morgan fingerprint density at radius 2 is 2.12 bits per heavy atom. The second kappa shape index (κ2) is 6.98. The number of ether oxygens (including phenoxy) is 1. The smallest absolute Gasteiger partial charge is 0.274 e. The van der Waals surface area contributed by atoms with Crippen LogP contribution in [0.4, 0.5) is 8.78 Å². The topological polar surface area (TPSA) is 64.4 Å². The van der Waals surface area contributed by atoms with Gasteiger partial charge >= 0.3 is 0 Å². The molecule has 1 amide bonds. The van der Waals surface area contributed by atoms with Crippen LogP contribution >= 0.6 is 0 Å². The fourth-order valence-electron chi connectivity index (χ4n) is 2.81. The molecule has 1 saturated carbocycles. The summed E-state index contributed by atoms with van der Waals surface area (Å²) in [4.78, 5) is 12.3. The molecule has 128 valence electrons. The van der Waals surface area contributed by atoms with Crippen molar-refractivity contribution in [2.45, 2.75) is 45.3 Å². The predicted octanol–water partition coefficient (Wildman–Crippen LogP) is 3.51. The van der Waals surface area contributed by atoms with Crippen molar-refractivity contribution < 1.29 is 22.8 Å². The van der Waals surface area contributed by atoms with Crippen LogP contribution in [0.2, 0.25) is 0 Å². The number of halogens is 2. The third-order valence-electron chi connectivity index (χ3n) is 4.16. The molecule has 3 rings (SSSR count). The van der Waals surface area contributed by atoms with Crippen LogP contribution in [0.1, 0.15) is 47.5 Å². The Morgan fingerprint density at radius 1 is 1.38 bits per heavy atom. The highest BCUT2D eigenvalue weighted by atomic mass is 19.1. The molecule has 1 heterocycles. The van der Waals surface area contributed by atoms with Crippen molar-refractivity contribution >= 4 is 5.91 Å².